The Labute approximate surface area is 323 Å². The number of anilines is 3. The van der Waals surface area contributed by atoms with E-state index in [2.05, 4.69) is 219 Å². The zero-order valence-corrected chi connectivity index (χ0v) is 31.7. The largest absolute Gasteiger partial charge is 0.310 e. The van der Waals surface area contributed by atoms with Crippen molar-refractivity contribution >= 4 is 38.9 Å². The van der Waals surface area contributed by atoms with Crippen molar-refractivity contribution in [3.8, 4) is 39.1 Å². The molecule has 0 radical (unpaired) electrons. The van der Waals surface area contributed by atoms with Gasteiger partial charge in [-0.3, -0.25) is 0 Å². The molecule has 0 saturated carbocycles. The van der Waals surface area contributed by atoms with Crippen molar-refractivity contribution in [3.63, 3.8) is 0 Å². The highest BCUT2D eigenvalue weighted by atomic mass is 15.1. The first-order valence-corrected chi connectivity index (χ1v) is 19.3. The summed E-state index contributed by atoms with van der Waals surface area (Å²) >= 11 is 0. The number of hydrogen-bond acceptors (Lipinski definition) is 1. The maximum Gasteiger partial charge on any atom is 0.0541 e. The third-order valence-electron chi connectivity index (χ3n) is 11.8. The van der Waals surface area contributed by atoms with Gasteiger partial charge in [0, 0.05) is 38.8 Å². The van der Waals surface area contributed by atoms with Crippen LogP contribution < -0.4 is 4.90 Å². The van der Waals surface area contributed by atoms with E-state index in [-0.39, 0.29) is 5.41 Å². The van der Waals surface area contributed by atoms with Crippen molar-refractivity contribution in [1.29, 1.82) is 0 Å². The molecule has 0 bridgehead atoms. The van der Waals surface area contributed by atoms with Crippen molar-refractivity contribution < 1.29 is 0 Å². The zero-order chi connectivity index (χ0) is 37.3. The number of rotatable bonds is 6. The predicted molar refractivity (Wildman–Crippen MR) is 233 cm³/mol. The third-order valence-corrected chi connectivity index (χ3v) is 11.8. The lowest BCUT2D eigenvalue weighted by molar-refractivity contribution is 0.660. The molecule has 8 aromatic carbocycles. The molecule has 1 aliphatic rings. The van der Waals surface area contributed by atoms with Gasteiger partial charge in [0.15, 0.2) is 0 Å². The maximum absolute atomic E-state index is 2.44. The minimum atomic E-state index is -0.101. The van der Waals surface area contributed by atoms with Crippen molar-refractivity contribution in [2.75, 3.05) is 4.90 Å². The minimum Gasteiger partial charge on any atom is -0.310 e. The van der Waals surface area contributed by atoms with Crippen LogP contribution in [0.25, 0.3) is 60.9 Å². The summed E-state index contributed by atoms with van der Waals surface area (Å²) in [6, 6.07) is 67.0. The first kappa shape index (κ1) is 33.0. The summed E-state index contributed by atoms with van der Waals surface area (Å²) in [6.45, 7) is 9.09. The molecule has 264 valence electrons. The predicted octanol–water partition coefficient (Wildman–Crippen LogP) is 14.5. The fourth-order valence-corrected chi connectivity index (χ4v) is 8.96. The Kier molecular flexibility index (Phi) is 7.64. The van der Waals surface area contributed by atoms with Gasteiger partial charge in [0.25, 0.3) is 0 Å². The van der Waals surface area contributed by atoms with Crippen LogP contribution in [0, 0.1) is 13.8 Å². The Hall–Kier alpha value is -6.64. The van der Waals surface area contributed by atoms with Gasteiger partial charge in [-0.2, -0.15) is 0 Å². The molecule has 0 N–H and O–H groups in total. The Balaban J connectivity index is 1.11. The molecule has 55 heavy (non-hydrogen) atoms. The molecule has 0 spiro atoms. The quantitative estimate of drug-likeness (QED) is 0.167. The van der Waals surface area contributed by atoms with E-state index in [0.717, 1.165) is 17.1 Å². The second-order valence-electron chi connectivity index (χ2n) is 15.5. The molecule has 0 atom stereocenters. The van der Waals surface area contributed by atoms with Crippen LogP contribution >= 0.6 is 0 Å². The van der Waals surface area contributed by atoms with Crippen LogP contribution in [0.15, 0.2) is 182 Å². The van der Waals surface area contributed by atoms with Crippen molar-refractivity contribution in [3.05, 3.63) is 204 Å². The topological polar surface area (TPSA) is 8.17 Å². The van der Waals surface area contributed by atoms with Gasteiger partial charge in [0.1, 0.15) is 0 Å². The molecule has 0 fully saturated rings. The Morgan fingerprint density at radius 1 is 0.436 bits per heavy atom. The molecular weight excluding hydrogens is 665 g/mol. The Morgan fingerprint density at radius 2 is 1.09 bits per heavy atom. The maximum atomic E-state index is 2.44. The summed E-state index contributed by atoms with van der Waals surface area (Å²) in [6.07, 6.45) is 0. The third kappa shape index (κ3) is 5.32. The number of benzene rings is 8. The van der Waals surface area contributed by atoms with Gasteiger partial charge in [-0.15, -0.1) is 0 Å². The number of nitrogens with zero attached hydrogens (tertiary/aromatic N) is 2. The number of para-hydroxylation sites is 2. The number of aromatic nitrogens is 1. The molecule has 2 heteroatoms. The SMILES string of the molecule is Cc1ccc(C)c(-n2c3ccccc3c3cc(-c4ccc(N(c5ccc6c(c5)C(C)(C)c5ccccc5-6)c5ccccc5-c5ccccc5)cc4)ccc32)c1. The van der Waals surface area contributed by atoms with Crippen LogP contribution in [0.4, 0.5) is 17.1 Å². The van der Waals surface area contributed by atoms with Crippen LogP contribution in [0.5, 0.6) is 0 Å². The van der Waals surface area contributed by atoms with Gasteiger partial charge in [0.2, 0.25) is 0 Å². The van der Waals surface area contributed by atoms with E-state index in [1.54, 1.807) is 0 Å². The van der Waals surface area contributed by atoms with Gasteiger partial charge in [-0.25, -0.2) is 0 Å². The standard InChI is InChI=1S/C53H42N2/c1-35-22-23-36(2)52(32-35)55-50-21-13-10-18-45(50)46-33-39(26-31-51(46)55)37-24-27-40(28-25-37)54(49-20-12-9-16-42(49)38-14-6-5-7-15-38)41-29-30-44-43-17-8-11-19-47(43)53(3,4)48(44)34-41/h5-34H,1-4H3. The second kappa shape index (κ2) is 12.7. The average molecular weight is 707 g/mol. The molecule has 1 heterocycles. The van der Waals surface area contributed by atoms with E-state index in [9.17, 15) is 0 Å². The molecule has 0 unspecified atom stereocenters. The van der Waals surface area contributed by atoms with E-state index in [4.69, 9.17) is 0 Å². The van der Waals surface area contributed by atoms with Gasteiger partial charge in [-0.05, 0) is 119 Å². The number of fused-ring (bicyclic) bond motifs is 6. The second-order valence-corrected chi connectivity index (χ2v) is 15.5. The monoisotopic (exact) mass is 706 g/mol. The summed E-state index contributed by atoms with van der Waals surface area (Å²) < 4.78 is 2.43. The first-order valence-electron chi connectivity index (χ1n) is 19.3. The van der Waals surface area contributed by atoms with Crippen LogP contribution in [0.1, 0.15) is 36.1 Å². The lowest BCUT2D eigenvalue weighted by atomic mass is 9.82. The van der Waals surface area contributed by atoms with E-state index in [1.165, 1.54) is 83.1 Å². The van der Waals surface area contributed by atoms with Crippen LogP contribution in [-0.2, 0) is 5.41 Å². The van der Waals surface area contributed by atoms with E-state index in [1.807, 2.05) is 0 Å². The lowest BCUT2D eigenvalue weighted by Gasteiger charge is -2.30. The molecule has 0 saturated heterocycles. The minimum absolute atomic E-state index is 0.101. The highest BCUT2D eigenvalue weighted by Crippen LogP contribution is 2.51. The van der Waals surface area contributed by atoms with Gasteiger partial charge < -0.3 is 9.47 Å². The van der Waals surface area contributed by atoms with E-state index < -0.39 is 0 Å². The molecule has 0 amide bonds. The molecule has 2 nitrogen and oxygen atoms in total. The van der Waals surface area contributed by atoms with Crippen LogP contribution in [0.2, 0.25) is 0 Å². The van der Waals surface area contributed by atoms with E-state index in [0.29, 0.717) is 0 Å². The lowest BCUT2D eigenvalue weighted by Crippen LogP contribution is -2.16. The van der Waals surface area contributed by atoms with Crippen molar-refractivity contribution in [2.45, 2.75) is 33.1 Å². The smallest absolute Gasteiger partial charge is 0.0541 e. The molecule has 9 aromatic rings. The van der Waals surface area contributed by atoms with Gasteiger partial charge in [-0.1, -0.05) is 141 Å². The number of aryl methyl sites for hydroxylation is 2. The van der Waals surface area contributed by atoms with Gasteiger partial charge >= 0.3 is 0 Å². The fraction of sp³-hybridized carbons (Fsp3) is 0.0943. The normalized spacial score (nSPS) is 12.9. The zero-order valence-electron chi connectivity index (χ0n) is 31.7. The molecule has 0 aliphatic heterocycles. The molecule has 10 rings (SSSR count). The van der Waals surface area contributed by atoms with Gasteiger partial charge in [0.05, 0.1) is 16.7 Å². The Bertz CT molecular complexity index is 2910. The Morgan fingerprint density at radius 3 is 1.93 bits per heavy atom. The highest BCUT2D eigenvalue weighted by molar-refractivity contribution is 6.10. The summed E-state index contributed by atoms with van der Waals surface area (Å²) in [7, 11) is 0. The molecular formula is C53H42N2. The summed E-state index contributed by atoms with van der Waals surface area (Å²) in [5.74, 6) is 0. The summed E-state index contributed by atoms with van der Waals surface area (Å²) in [5.41, 5.74) is 19.7. The fourth-order valence-electron chi connectivity index (χ4n) is 8.96. The average Bonchev–Trinajstić information content (AvgIpc) is 3.67. The van der Waals surface area contributed by atoms with Crippen molar-refractivity contribution in [2.24, 2.45) is 0 Å². The highest BCUT2D eigenvalue weighted by Gasteiger charge is 2.36. The first-order chi connectivity index (χ1) is 26.9. The van der Waals surface area contributed by atoms with Crippen molar-refractivity contribution in [1.82, 2.24) is 4.57 Å². The molecule has 1 aromatic heterocycles. The van der Waals surface area contributed by atoms with Crippen LogP contribution in [0.3, 0.4) is 0 Å². The van der Waals surface area contributed by atoms with Crippen LogP contribution in [-0.4, -0.2) is 4.57 Å². The number of hydrogen-bond donors (Lipinski definition) is 0. The molecule has 1 aliphatic carbocycles. The van der Waals surface area contributed by atoms with E-state index >= 15 is 0 Å². The summed E-state index contributed by atoms with van der Waals surface area (Å²) in [4.78, 5) is 2.44. The summed E-state index contributed by atoms with van der Waals surface area (Å²) in [5, 5.41) is 2.53.